The number of benzene rings is 2. The summed E-state index contributed by atoms with van der Waals surface area (Å²) in [5.74, 6) is -0.410. The van der Waals surface area contributed by atoms with Gasteiger partial charge in [0.25, 0.3) is 10.0 Å². The zero-order valence-electron chi connectivity index (χ0n) is 14.0. The van der Waals surface area contributed by atoms with E-state index in [1.807, 2.05) is 4.72 Å². The third-order valence-corrected chi connectivity index (χ3v) is 5.40. The maximum Gasteiger partial charge on any atom is 0.416 e. The van der Waals surface area contributed by atoms with Crippen LogP contribution in [0.2, 0.25) is 0 Å². The van der Waals surface area contributed by atoms with E-state index in [1.54, 1.807) is 6.92 Å². The van der Waals surface area contributed by atoms with Gasteiger partial charge >= 0.3 is 6.18 Å². The van der Waals surface area contributed by atoms with Crippen molar-refractivity contribution in [2.24, 2.45) is 0 Å². The van der Waals surface area contributed by atoms with Gasteiger partial charge in [-0.05, 0) is 58.7 Å². The molecule has 0 saturated heterocycles. The third-order valence-electron chi connectivity index (χ3n) is 3.41. The smallest absolute Gasteiger partial charge is 0.416 e. The molecule has 0 aliphatic rings. The van der Waals surface area contributed by atoms with Gasteiger partial charge < -0.3 is 4.74 Å². The largest absolute Gasteiger partial charge is 0.493 e. The first-order chi connectivity index (χ1) is 12.5. The van der Waals surface area contributed by atoms with E-state index in [0.29, 0.717) is 16.8 Å². The summed E-state index contributed by atoms with van der Waals surface area (Å²) < 4.78 is 69.8. The van der Waals surface area contributed by atoms with E-state index in [0.717, 1.165) is 24.3 Å². The summed E-state index contributed by atoms with van der Waals surface area (Å²) >= 11 is 3.19. The average molecular weight is 466 g/mol. The molecular weight excluding hydrogens is 451 g/mol. The van der Waals surface area contributed by atoms with Crippen molar-refractivity contribution in [2.45, 2.75) is 24.4 Å². The summed E-state index contributed by atoms with van der Waals surface area (Å²) in [5, 5.41) is 0. The van der Waals surface area contributed by atoms with Crippen molar-refractivity contribution in [3.8, 4) is 5.75 Å². The van der Waals surface area contributed by atoms with Crippen LogP contribution in [0.4, 0.5) is 13.2 Å². The fourth-order valence-corrected chi connectivity index (χ4v) is 3.82. The Kier molecular flexibility index (Phi) is 6.53. The first-order valence-corrected chi connectivity index (χ1v) is 9.94. The van der Waals surface area contributed by atoms with Gasteiger partial charge in [0.1, 0.15) is 5.75 Å². The molecule has 1 amide bonds. The second-order valence-electron chi connectivity index (χ2n) is 5.43. The van der Waals surface area contributed by atoms with Crippen molar-refractivity contribution < 1.29 is 31.1 Å². The molecule has 0 unspecified atom stereocenters. The lowest BCUT2D eigenvalue weighted by atomic mass is 10.1. The number of nitrogens with one attached hydrogen (secondary N) is 1. The van der Waals surface area contributed by atoms with Crippen molar-refractivity contribution in [1.29, 1.82) is 0 Å². The molecule has 2 aromatic carbocycles. The Balaban J connectivity index is 2.09. The van der Waals surface area contributed by atoms with Crippen LogP contribution >= 0.6 is 15.9 Å². The number of halogens is 4. The van der Waals surface area contributed by atoms with Gasteiger partial charge in [-0.15, -0.1) is 0 Å². The number of hydrogen-bond donors (Lipinski definition) is 1. The molecule has 27 heavy (non-hydrogen) atoms. The average Bonchev–Trinajstić information content (AvgIpc) is 2.56. The van der Waals surface area contributed by atoms with Crippen LogP contribution in [0.5, 0.6) is 5.75 Å². The Morgan fingerprint density at radius 3 is 2.30 bits per heavy atom. The molecule has 2 aromatic rings. The number of sulfonamides is 1. The Morgan fingerprint density at radius 2 is 1.78 bits per heavy atom. The highest BCUT2D eigenvalue weighted by molar-refractivity contribution is 9.10. The standard InChI is InChI=1S/C17H15BrF3NO4S/c1-2-26-15-8-7-13(10-14(15)18)27(24,25)22-16(23)9-11-3-5-12(6-4-11)17(19,20)21/h3-8,10H,2,9H2,1H3,(H,22,23). The molecule has 0 aliphatic carbocycles. The maximum atomic E-state index is 12.5. The molecule has 146 valence electrons. The lowest BCUT2D eigenvalue weighted by Gasteiger charge is -2.10. The number of carbonyl (C=O) groups excluding carboxylic acids is 1. The van der Waals surface area contributed by atoms with Crippen LogP contribution in [0.1, 0.15) is 18.1 Å². The SMILES string of the molecule is CCOc1ccc(S(=O)(=O)NC(=O)Cc2ccc(C(F)(F)F)cc2)cc1Br. The number of alkyl halides is 3. The highest BCUT2D eigenvalue weighted by Gasteiger charge is 2.30. The van der Waals surface area contributed by atoms with Crippen LogP contribution in [-0.2, 0) is 27.4 Å². The Morgan fingerprint density at radius 1 is 1.15 bits per heavy atom. The van der Waals surface area contributed by atoms with E-state index in [4.69, 9.17) is 4.74 Å². The van der Waals surface area contributed by atoms with Gasteiger partial charge in [-0.25, -0.2) is 13.1 Å². The van der Waals surface area contributed by atoms with Gasteiger partial charge in [-0.3, -0.25) is 4.79 Å². The first kappa shape index (κ1) is 21.2. The molecule has 0 saturated carbocycles. The number of carbonyl (C=O) groups is 1. The van der Waals surface area contributed by atoms with Crippen LogP contribution in [0.25, 0.3) is 0 Å². The predicted molar refractivity (Wildman–Crippen MR) is 95.8 cm³/mol. The minimum atomic E-state index is -4.48. The molecular formula is C17H15BrF3NO4S. The zero-order chi connectivity index (χ0) is 20.2. The minimum absolute atomic E-state index is 0.154. The molecule has 0 aliphatic heterocycles. The van der Waals surface area contributed by atoms with Gasteiger partial charge in [-0.2, -0.15) is 13.2 Å². The zero-order valence-corrected chi connectivity index (χ0v) is 16.4. The Hall–Kier alpha value is -2.07. The summed E-state index contributed by atoms with van der Waals surface area (Å²) in [4.78, 5) is 11.8. The quantitative estimate of drug-likeness (QED) is 0.701. The van der Waals surface area contributed by atoms with E-state index in [1.165, 1.54) is 18.2 Å². The maximum absolute atomic E-state index is 12.5. The molecule has 10 heteroatoms. The van der Waals surface area contributed by atoms with E-state index in [9.17, 15) is 26.4 Å². The van der Waals surface area contributed by atoms with E-state index >= 15 is 0 Å². The lowest BCUT2D eigenvalue weighted by molar-refractivity contribution is -0.137. The molecule has 0 spiro atoms. The second-order valence-corrected chi connectivity index (χ2v) is 7.96. The predicted octanol–water partition coefficient (Wildman–Crippen LogP) is 3.91. The van der Waals surface area contributed by atoms with Gasteiger partial charge in [0.15, 0.2) is 0 Å². The number of rotatable bonds is 6. The van der Waals surface area contributed by atoms with Crippen LogP contribution in [0.3, 0.4) is 0 Å². The molecule has 0 radical (unpaired) electrons. The van der Waals surface area contributed by atoms with Gasteiger partial charge in [-0.1, -0.05) is 12.1 Å². The summed E-state index contributed by atoms with van der Waals surface area (Å²) in [5.41, 5.74) is -0.595. The monoisotopic (exact) mass is 465 g/mol. The van der Waals surface area contributed by atoms with Crippen LogP contribution in [0, 0.1) is 0 Å². The Labute approximate surface area is 162 Å². The van der Waals surface area contributed by atoms with E-state index in [-0.39, 0.29) is 16.9 Å². The molecule has 2 rings (SSSR count). The van der Waals surface area contributed by atoms with Crippen molar-refractivity contribution >= 4 is 31.9 Å². The second kappa shape index (κ2) is 8.30. The number of hydrogen-bond acceptors (Lipinski definition) is 4. The van der Waals surface area contributed by atoms with Gasteiger partial charge in [0.2, 0.25) is 5.91 Å². The van der Waals surface area contributed by atoms with E-state index in [2.05, 4.69) is 15.9 Å². The summed E-state index contributed by atoms with van der Waals surface area (Å²) in [7, 11) is -4.13. The van der Waals surface area contributed by atoms with Gasteiger partial charge in [0.05, 0.1) is 28.0 Å². The lowest BCUT2D eigenvalue weighted by Crippen LogP contribution is -2.31. The molecule has 1 N–H and O–H groups in total. The van der Waals surface area contributed by atoms with Crippen LogP contribution < -0.4 is 9.46 Å². The fraction of sp³-hybridized carbons (Fsp3) is 0.235. The van der Waals surface area contributed by atoms with Crippen molar-refractivity contribution in [2.75, 3.05) is 6.61 Å². The Bertz CT molecular complexity index is 928. The van der Waals surface area contributed by atoms with Crippen molar-refractivity contribution in [3.05, 3.63) is 58.1 Å². The number of amides is 1. The van der Waals surface area contributed by atoms with E-state index < -0.39 is 27.7 Å². The molecule has 0 heterocycles. The molecule has 0 atom stereocenters. The normalized spacial score (nSPS) is 11.9. The topological polar surface area (TPSA) is 72.5 Å². The fourth-order valence-electron chi connectivity index (χ4n) is 2.16. The minimum Gasteiger partial charge on any atom is -0.493 e. The number of ether oxygens (including phenoxy) is 1. The summed E-state index contributed by atoms with van der Waals surface area (Å²) in [6.45, 7) is 2.17. The van der Waals surface area contributed by atoms with Crippen molar-refractivity contribution in [1.82, 2.24) is 4.72 Å². The highest BCUT2D eigenvalue weighted by Crippen LogP contribution is 2.29. The van der Waals surface area contributed by atoms with Crippen LogP contribution in [-0.4, -0.2) is 20.9 Å². The summed E-state index contributed by atoms with van der Waals surface area (Å²) in [6, 6.07) is 7.94. The third kappa shape index (κ3) is 5.70. The van der Waals surface area contributed by atoms with Crippen LogP contribution in [0.15, 0.2) is 51.8 Å². The molecule has 0 fully saturated rings. The molecule has 5 nitrogen and oxygen atoms in total. The first-order valence-electron chi connectivity index (χ1n) is 7.67. The van der Waals surface area contributed by atoms with Crippen molar-refractivity contribution in [3.63, 3.8) is 0 Å². The molecule has 0 bridgehead atoms. The molecule has 0 aromatic heterocycles. The summed E-state index contributed by atoms with van der Waals surface area (Å²) in [6.07, 6.45) is -4.86. The highest BCUT2D eigenvalue weighted by atomic mass is 79.9. The van der Waals surface area contributed by atoms with Gasteiger partial charge in [0, 0.05) is 0 Å².